The van der Waals surface area contributed by atoms with E-state index in [2.05, 4.69) is 0 Å². The number of rotatable bonds is 2. The van der Waals surface area contributed by atoms with E-state index in [1.54, 1.807) is 25.1 Å². The van der Waals surface area contributed by atoms with Gasteiger partial charge in [-0.05, 0) is 43.4 Å². The first kappa shape index (κ1) is 13.4. The molecule has 0 aromatic heterocycles. The van der Waals surface area contributed by atoms with Crippen molar-refractivity contribution < 1.29 is 13.5 Å². The largest absolute Gasteiger partial charge is 0.399 e. The van der Waals surface area contributed by atoms with Crippen LogP contribution in [0.5, 0.6) is 0 Å². The van der Waals surface area contributed by atoms with Crippen LogP contribution in [0, 0.1) is 5.92 Å². The minimum Gasteiger partial charge on any atom is -0.399 e. The summed E-state index contributed by atoms with van der Waals surface area (Å²) in [6.45, 7) is 1.74. The van der Waals surface area contributed by atoms with Gasteiger partial charge in [-0.1, -0.05) is 12.1 Å². The van der Waals surface area contributed by atoms with Crippen molar-refractivity contribution in [2.45, 2.75) is 25.4 Å². The van der Waals surface area contributed by atoms with Crippen molar-refractivity contribution in [1.29, 1.82) is 0 Å². The van der Waals surface area contributed by atoms with E-state index in [9.17, 15) is 13.5 Å². The normalized spacial score (nSPS) is 23.4. The van der Waals surface area contributed by atoms with Crippen molar-refractivity contribution in [2.24, 2.45) is 5.92 Å². The third kappa shape index (κ3) is 2.67. The Kier molecular flexibility index (Phi) is 3.38. The molecule has 1 aromatic carbocycles. The Hall–Kier alpha value is -1.07. The molecule has 1 saturated heterocycles. The van der Waals surface area contributed by atoms with E-state index in [-0.39, 0.29) is 17.4 Å². The number of nitrogens with two attached hydrogens (primary N) is 1. The molecule has 3 N–H and O–H groups in total. The lowest BCUT2D eigenvalue weighted by Crippen LogP contribution is -2.37. The summed E-state index contributed by atoms with van der Waals surface area (Å²) in [4.78, 5) is 0. The molecule has 2 rings (SSSR count). The number of hydrogen-bond donors (Lipinski definition) is 2. The van der Waals surface area contributed by atoms with Crippen molar-refractivity contribution in [2.75, 3.05) is 17.2 Å². The van der Waals surface area contributed by atoms with Crippen LogP contribution in [0.4, 0.5) is 5.69 Å². The SMILES string of the molecule is CC(O)(c1cccc(N)c1)C1CCS(=O)(=O)CC1. The predicted molar refractivity (Wildman–Crippen MR) is 71.8 cm³/mol. The molecule has 0 amide bonds. The van der Waals surface area contributed by atoms with Crippen LogP contribution in [0.25, 0.3) is 0 Å². The van der Waals surface area contributed by atoms with Gasteiger partial charge in [-0.25, -0.2) is 8.42 Å². The first-order chi connectivity index (χ1) is 8.31. The van der Waals surface area contributed by atoms with Gasteiger partial charge in [0.15, 0.2) is 0 Å². The minimum absolute atomic E-state index is 0.0391. The smallest absolute Gasteiger partial charge is 0.150 e. The zero-order chi connectivity index (χ0) is 13.4. The zero-order valence-corrected chi connectivity index (χ0v) is 11.3. The average molecular weight is 269 g/mol. The van der Waals surface area contributed by atoms with Gasteiger partial charge in [-0.15, -0.1) is 0 Å². The van der Waals surface area contributed by atoms with E-state index in [0.29, 0.717) is 18.5 Å². The van der Waals surface area contributed by atoms with Crippen LogP contribution in [0.1, 0.15) is 25.3 Å². The molecule has 1 aromatic rings. The highest BCUT2D eigenvalue weighted by molar-refractivity contribution is 7.91. The predicted octanol–water partition coefficient (Wildman–Crippen LogP) is 1.30. The Labute approximate surface area is 108 Å². The molecule has 5 heteroatoms. The summed E-state index contributed by atoms with van der Waals surface area (Å²) >= 11 is 0. The molecule has 0 aliphatic carbocycles. The van der Waals surface area contributed by atoms with Gasteiger partial charge in [0.25, 0.3) is 0 Å². The topological polar surface area (TPSA) is 80.4 Å². The number of sulfone groups is 1. The Balaban J connectivity index is 2.22. The molecule has 0 radical (unpaired) electrons. The zero-order valence-electron chi connectivity index (χ0n) is 10.5. The fraction of sp³-hybridized carbons (Fsp3) is 0.538. The maximum atomic E-state index is 11.4. The molecule has 1 unspecified atom stereocenters. The van der Waals surface area contributed by atoms with Gasteiger partial charge in [0.2, 0.25) is 0 Å². The molecule has 0 spiro atoms. The summed E-state index contributed by atoms with van der Waals surface area (Å²) in [6, 6.07) is 7.16. The lowest BCUT2D eigenvalue weighted by atomic mass is 9.79. The van der Waals surface area contributed by atoms with E-state index in [0.717, 1.165) is 5.56 Å². The van der Waals surface area contributed by atoms with Crippen molar-refractivity contribution in [3.63, 3.8) is 0 Å². The van der Waals surface area contributed by atoms with E-state index in [1.807, 2.05) is 6.07 Å². The Morgan fingerprint density at radius 2 is 1.94 bits per heavy atom. The molecular formula is C13H19NO3S. The van der Waals surface area contributed by atoms with Gasteiger partial charge in [-0.2, -0.15) is 0 Å². The second kappa shape index (κ2) is 4.55. The molecule has 0 bridgehead atoms. The maximum absolute atomic E-state index is 11.4. The highest BCUT2D eigenvalue weighted by Crippen LogP contribution is 2.37. The Bertz CT molecular complexity index is 523. The molecule has 18 heavy (non-hydrogen) atoms. The maximum Gasteiger partial charge on any atom is 0.150 e. The van der Waals surface area contributed by atoms with E-state index in [4.69, 9.17) is 5.73 Å². The summed E-state index contributed by atoms with van der Waals surface area (Å²) in [5.74, 6) is 0.287. The van der Waals surface area contributed by atoms with Crippen LogP contribution in [-0.4, -0.2) is 25.0 Å². The number of nitrogen functional groups attached to an aromatic ring is 1. The van der Waals surface area contributed by atoms with Gasteiger partial charge in [-0.3, -0.25) is 0 Å². The number of benzene rings is 1. The van der Waals surface area contributed by atoms with Crippen LogP contribution in [0.3, 0.4) is 0 Å². The first-order valence-corrected chi connectivity index (χ1v) is 7.92. The summed E-state index contributed by atoms with van der Waals surface area (Å²) in [5.41, 5.74) is 6.06. The van der Waals surface area contributed by atoms with E-state index < -0.39 is 15.4 Å². The Morgan fingerprint density at radius 3 is 2.50 bits per heavy atom. The molecule has 4 nitrogen and oxygen atoms in total. The minimum atomic E-state index is -2.90. The number of hydrogen-bond acceptors (Lipinski definition) is 4. The summed E-state index contributed by atoms with van der Waals surface area (Å²) < 4.78 is 22.8. The fourth-order valence-corrected chi connectivity index (χ4v) is 4.03. The summed E-state index contributed by atoms with van der Waals surface area (Å²) in [7, 11) is -2.90. The van der Waals surface area contributed by atoms with Gasteiger partial charge >= 0.3 is 0 Å². The molecule has 1 heterocycles. The Morgan fingerprint density at radius 1 is 1.33 bits per heavy atom. The molecule has 1 aliphatic rings. The molecule has 0 saturated carbocycles. The summed E-state index contributed by atoms with van der Waals surface area (Å²) in [6.07, 6.45) is 1.01. The van der Waals surface area contributed by atoms with Crippen LogP contribution < -0.4 is 5.73 Å². The third-order valence-corrected chi connectivity index (χ3v) is 5.54. The van der Waals surface area contributed by atoms with Crippen molar-refractivity contribution >= 4 is 15.5 Å². The highest BCUT2D eigenvalue weighted by Gasteiger charge is 2.37. The quantitative estimate of drug-likeness (QED) is 0.793. The second-order valence-electron chi connectivity index (χ2n) is 5.20. The summed E-state index contributed by atoms with van der Waals surface area (Å²) in [5, 5.41) is 10.7. The second-order valence-corrected chi connectivity index (χ2v) is 7.50. The van der Waals surface area contributed by atoms with Crippen LogP contribution in [0.15, 0.2) is 24.3 Å². The number of anilines is 1. The molecular weight excluding hydrogens is 250 g/mol. The van der Waals surface area contributed by atoms with Crippen LogP contribution >= 0.6 is 0 Å². The molecule has 1 fully saturated rings. The first-order valence-electron chi connectivity index (χ1n) is 6.10. The molecule has 1 atom stereocenters. The molecule has 100 valence electrons. The van der Waals surface area contributed by atoms with Crippen molar-refractivity contribution in [1.82, 2.24) is 0 Å². The van der Waals surface area contributed by atoms with Crippen LogP contribution in [0.2, 0.25) is 0 Å². The van der Waals surface area contributed by atoms with E-state index in [1.165, 1.54) is 0 Å². The van der Waals surface area contributed by atoms with Crippen LogP contribution in [-0.2, 0) is 15.4 Å². The molecule has 1 aliphatic heterocycles. The van der Waals surface area contributed by atoms with Gasteiger partial charge in [0, 0.05) is 5.69 Å². The van der Waals surface area contributed by atoms with Gasteiger partial charge in [0.05, 0.1) is 17.1 Å². The lowest BCUT2D eigenvalue weighted by Gasteiger charge is -2.36. The van der Waals surface area contributed by atoms with E-state index >= 15 is 0 Å². The average Bonchev–Trinajstić information content (AvgIpc) is 2.28. The lowest BCUT2D eigenvalue weighted by molar-refractivity contribution is -0.0102. The van der Waals surface area contributed by atoms with Crippen molar-refractivity contribution in [3.8, 4) is 0 Å². The van der Waals surface area contributed by atoms with Gasteiger partial charge < -0.3 is 10.8 Å². The fourth-order valence-electron chi connectivity index (χ4n) is 2.54. The highest BCUT2D eigenvalue weighted by atomic mass is 32.2. The monoisotopic (exact) mass is 269 g/mol. The number of aliphatic hydroxyl groups is 1. The third-order valence-electron chi connectivity index (χ3n) is 3.82. The van der Waals surface area contributed by atoms with Crippen molar-refractivity contribution in [3.05, 3.63) is 29.8 Å². The van der Waals surface area contributed by atoms with Gasteiger partial charge in [0.1, 0.15) is 9.84 Å². The standard InChI is InChI=1S/C13H19NO3S/c1-13(15,11-3-2-4-12(14)9-11)10-5-7-18(16,17)8-6-10/h2-4,9-10,15H,5-8,14H2,1H3.